The monoisotopic (exact) mass is 459 g/mol. The van der Waals surface area contributed by atoms with E-state index in [2.05, 4.69) is 46.5 Å². The maximum absolute atomic E-state index is 12.3. The smallest absolute Gasteiger partial charge is 0.262 e. The summed E-state index contributed by atoms with van der Waals surface area (Å²) in [5, 5.41) is 0.00360. The Kier molecular flexibility index (Phi) is 4.91. The summed E-state index contributed by atoms with van der Waals surface area (Å²) in [7, 11) is -3.96. The molecular formula is C10H5Br2Cl2N3O2S. The fourth-order valence-corrected chi connectivity index (χ4v) is 4.48. The van der Waals surface area contributed by atoms with Crippen molar-refractivity contribution in [2.75, 3.05) is 4.72 Å². The number of benzene rings is 1. The van der Waals surface area contributed by atoms with Gasteiger partial charge in [-0.1, -0.05) is 39.1 Å². The first-order valence-corrected chi connectivity index (χ1v) is 8.77. The number of rotatable bonds is 3. The molecule has 0 bridgehead atoms. The van der Waals surface area contributed by atoms with Crippen molar-refractivity contribution in [2.24, 2.45) is 0 Å². The quantitative estimate of drug-likeness (QED) is 0.746. The zero-order valence-corrected chi connectivity index (χ0v) is 14.9. The number of sulfonamides is 1. The van der Waals surface area contributed by atoms with E-state index in [9.17, 15) is 8.42 Å². The van der Waals surface area contributed by atoms with Crippen molar-refractivity contribution in [3.63, 3.8) is 0 Å². The molecule has 106 valence electrons. The topological polar surface area (TPSA) is 72.0 Å². The number of hydrogen-bond donors (Lipinski definition) is 1. The molecule has 0 radical (unpaired) electrons. The first-order chi connectivity index (χ1) is 9.29. The lowest BCUT2D eigenvalue weighted by Gasteiger charge is -2.10. The number of nitrogens with zero attached hydrogens (tertiary/aromatic N) is 2. The molecule has 0 fully saturated rings. The highest BCUT2D eigenvalue weighted by molar-refractivity contribution is 9.10. The van der Waals surface area contributed by atoms with Crippen molar-refractivity contribution in [3.05, 3.63) is 43.6 Å². The van der Waals surface area contributed by atoms with E-state index in [1.54, 1.807) is 0 Å². The van der Waals surface area contributed by atoms with Gasteiger partial charge >= 0.3 is 0 Å². The van der Waals surface area contributed by atoms with Crippen LogP contribution in [0, 0.1) is 0 Å². The highest BCUT2D eigenvalue weighted by atomic mass is 79.9. The third-order valence-corrected chi connectivity index (χ3v) is 5.23. The molecule has 0 spiro atoms. The van der Waals surface area contributed by atoms with Crippen LogP contribution in [0.25, 0.3) is 0 Å². The van der Waals surface area contributed by atoms with Gasteiger partial charge in [-0.15, -0.1) is 0 Å². The number of anilines is 1. The molecule has 0 aliphatic heterocycles. The molecule has 0 unspecified atom stereocenters. The molecular weight excluding hydrogens is 457 g/mol. The molecule has 5 nitrogen and oxygen atoms in total. The molecule has 0 amide bonds. The third kappa shape index (κ3) is 3.62. The molecule has 0 atom stereocenters. The average Bonchev–Trinajstić information content (AvgIpc) is 2.30. The highest BCUT2D eigenvalue weighted by Crippen LogP contribution is 2.33. The van der Waals surface area contributed by atoms with Crippen LogP contribution in [0.3, 0.4) is 0 Å². The van der Waals surface area contributed by atoms with E-state index in [4.69, 9.17) is 23.2 Å². The lowest BCUT2D eigenvalue weighted by Crippen LogP contribution is -2.15. The van der Waals surface area contributed by atoms with Gasteiger partial charge in [0.25, 0.3) is 10.0 Å². The summed E-state index contributed by atoms with van der Waals surface area (Å²) in [6.07, 6.45) is 2.63. The third-order valence-electron chi connectivity index (χ3n) is 2.09. The molecule has 20 heavy (non-hydrogen) atoms. The van der Waals surface area contributed by atoms with Crippen LogP contribution in [0.2, 0.25) is 10.0 Å². The maximum Gasteiger partial charge on any atom is 0.266 e. The Morgan fingerprint density at radius 1 is 1.05 bits per heavy atom. The summed E-state index contributed by atoms with van der Waals surface area (Å²) in [4.78, 5) is 7.53. The van der Waals surface area contributed by atoms with Crippen LogP contribution < -0.4 is 4.72 Å². The Balaban J connectivity index is 2.43. The van der Waals surface area contributed by atoms with Gasteiger partial charge in [0, 0.05) is 4.47 Å². The second-order valence-corrected chi connectivity index (χ2v) is 7.69. The summed E-state index contributed by atoms with van der Waals surface area (Å²) in [6, 6.07) is 2.88. The van der Waals surface area contributed by atoms with Crippen molar-refractivity contribution < 1.29 is 8.42 Å². The normalized spacial score (nSPS) is 11.4. The number of halogens is 4. The maximum atomic E-state index is 12.3. The highest BCUT2D eigenvalue weighted by Gasteiger charge is 2.23. The first-order valence-electron chi connectivity index (χ1n) is 4.94. The number of hydrogen-bond acceptors (Lipinski definition) is 4. The zero-order chi connectivity index (χ0) is 14.9. The van der Waals surface area contributed by atoms with E-state index >= 15 is 0 Å². The molecule has 1 N–H and O–H groups in total. The minimum absolute atomic E-state index is 0.00180. The summed E-state index contributed by atoms with van der Waals surface area (Å²) < 4.78 is 27.9. The van der Waals surface area contributed by atoms with Gasteiger partial charge in [0.15, 0.2) is 5.82 Å². The van der Waals surface area contributed by atoms with Gasteiger partial charge < -0.3 is 0 Å². The SMILES string of the molecule is O=S(=O)(Nc1cnc(Br)cn1)c1c(Cl)cc(Br)cc1Cl. The number of nitrogens with one attached hydrogen (secondary N) is 1. The molecule has 10 heteroatoms. The molecule has 2 rings (SSSR count). The van der Waals surface area contributed by atoms with Gasteiger partial charge in [0.2, 0.25) is 0 Å². The predicted molar refractivity (Wildman–Crippen MR) is 84.7 cm³/mol. The molecule has 0 saturated heterocycles. The largest absolute Gasteiger partial charge is 0.266 e. The van der Waals surface area contributed by atoms with E-state index in [-0.39, 0.29) is 20.8 Å². The standard InChI is InChI=1S/C10H5Br2Cl2N3O2S/c11-5-1-6(13)10(7(14)2-5)20(18,19)17-9-4-15-8(12)3-16-9/h1-4H,(H,16,17). The minimum Gasteiger partial charge on any atom is -0.262 e. The first kappa shape index (κ1) is 16.0. The molecule has 0 aliphatic carbocycles. The van der Waals surface area contributed by atoms with E-state index in [1.165, 1.54) is 24.5 Å². The van der Waals surface area contributed by atoms with E-state index in [0.29, 0.717) is 9.08 Å². The van der Waals surface area contributed by atoms with Crippen LogP contribution in [0.15, 0.2) is 38.5 Å². The van der Waals surface area contributed by atoms with Crippen LogP contribution >= 0.6 is 55.1 Å². The van der Waals surface area contributed by atoms with Gasteiger partial charge in [0.05, 0.1) is 22.4 Å². The minimum atomic E-state index is -3.96. The van der Waals surface area contributed by atoms with Crippen molar-refractivity contribution in [3.8, 4) is 0 Å². The van der Waals surface area contributed by atoms with E-state index in [0.717, 1.165) is 0 Å². The summed E-state index contributed by atoms with van der Waals surface area (Å²) in [6.45, 7) is 0. The van der Waals surface area contributed by atoms with Gasteiger partial charge in [0.1, 0.15) is 9.50 Å². The second-order valence-electron chi connectivity index (χ2n) is 3.53. The molecule has 1 aromatic carbocycles. The fraction of sp³-hybridized carbons (Fsp3) is 0. The Bertz CT molecular complexity index is 731. The van der Waals surface area contributed by atoms with Crippen molar-refractivity contribution in [1.29, 1.82) is 0 Å². The Morgan fingerprint density at radius 3 is 2.15 bits per heavy atom. The summed E-state index contributed by atoms with van der Waals surface area (Å²) >= 11 is 18.1. The van der Waals surface area contributed by atoms with Gasteiger partial charge in [-0.25, -0.2) is 18.4 Å². The van der Waals surface area contributed by atoms with Crippen molar-refractivity contribution in [1.82, 2.24) is 9.97 Å². The van der Waals surface area contributed by atoms with Gasteiger partial charge in [-0.05, 0) is 28.1 Å². The molecule has 1 heterocycles. The van der Waals surface area contributed by atoms with Crippen molar-refractivity contribution in [2.45, 2.75) is 4.90 Å². The second kappa shape index (κ2) is 6.15. The Labute approximate surface area is 142 Å². The van der Waals surface area contributed by atoms with Crippen molar-refractivity contribution >= 4 is 70.9 Å². The summed E-state index contributed by atoms with van der Waals surface area (Å²) in [5.41, 5.74) is 0. The lowest BCUT2D eigenvalue weighted by atomic mass is 10.4. The summed E-state index contributed by atoms with van der Waals surface area (Å²) in [5.74, 6) is 0.0586. The van der Waals surface area contributed by atoms with E-state index in [1.807, 2.05) is 0 Å². The van der Waals surface area contributed by atoms with E-state index < -0.39 is 10.0 Å². The van der Waals surface area contributed by atoms with Crippen LogP contribution in [-0.2, 0) is 10.0 Å². The number of aromatic nitrogens is 2. The zero-order valence-electron chi connectivity index (χ0n) is 9.44. The predicted octanol–water partition coefficient (Wildman–Crippen LogP) is 4.11. The molecule has 0 saturated carbocycles. The fourth-order valence-electron chi connectivity index (χ4n) is 1.34. The average molecular weight is 462 g/mol. The Morgan fingerprint density at radius 2 is 1.65 bits per heavy atom. The Hall–Kier alpha value is -0.410. The van der Waals surface area contributed by atoms with Crippen LogP contribution in [0.4, 0.5) is 5.82 Å². The lowest BCUT2D eigenvalue weighted by molar-refractivity contribution is 0.601. The molecule has 1 aromatic heterocycles. The van der Waals surface area contributed by atoms with Crippen LogP contribution in [-0.4, -0.2) is 18.4 Å². The van der Waals surface area contributed by atoms with Crippen LogP contribution in [0.1, 0.15) is 0 Å². The van der Waals surface area contributed by atoms with Gasteiger partial charge in [-0.3, -0.25) is 4.72 Å². The molecule has 0 aliphatic rings. The molecule has 2 aromatic rings. The van der Waals surface area contributed by atoms with Gasteiger partial charge in [-0.2, -0.15) is 0 Å². The van der Waals surface area contributed by atoms with Crippen LogP contribution in [0.5, 0.6) is 0 Å².